The summed E-state index contributed by atoms with van der Waals surface area (Å²) in [5.41, 5.74) is 1.07. The van der Waals surface area contributed by atoms with Gasteiger partial charge in [0.2, 0.25) is 17.7 Å². The number of hydrogen-bond donors (Lipinski definition) is 1. The molecule has 2 aliphatic rings. The lowest BCUT2D eigenvalue weighted by Gasteiger charge is -2.35. The quantitative estimate of drug-likeness (QED) is 0.779. The van der Waals surface area contributed by atoms with Crippen molar-refractivity contribution in [1.29, 1.82) is 0 Å². The van der Waals surface area contributed by atoms with Crippen molar-refractivity contribution < 1.29 is 14.4 Å². The molecule has 3 rings (SSSR count). The van der Waals surface area contributed by atoms with Crippen molar-refractivity contribution in [3.05, 3.63) is 35.9 Å². The minimum atomic E-state index is -0.101. The highest BCUT2D eigenvalue weighted by Gasteiger charge is 2.29. The summed E-state index contributed by atoms with van der Waals surface area (Å²) in [5, 5.41) is 3.09. The second-order valence-electron chi connectivity index (χ2n) is 8.52. The molecule has 0 radical (unpaired) electrons. The molecule has 2 saturated heterocycles. The van der Waals surface area contributed by atoms with E-state index in [9.17, 15) is 14.4 Å². The highest BCUT2D eigenvalue weighted by Crippen LogP contribution is 2.24. The summed E-state index contributed by atoms with van der Waals surface area (Å²) in [5.74, 6) is 0.0939. The average molecular weight is 414 g/mol. The van der Waals surface area contributed by atoms with Gasteiger partial charge in [-0.25, -0.2) is 0 Å². The summed E-state index contributed by atoms with van der Waals surface area (Å²) in [6.07, 6.45) is 6.97. The van der Waals surface area contributed by atoms with Crippen LogP contribution >= 0.6 is 0 Å². The third-order valence-electron chi connectivity index (χ3n) is 6.34. The molecule has 0 bridgehead atoms. The van der Waals surface area contributed by atoms with Crippen molar-refractivity contribution in [2.24, 2.45) is 0 Å². The topological polar surface area (TPSA) is 69.7 Å². The molecular weight excluding hydrogens is 378 g/mol. The van der Waals surface area contributed by atoms with Gasteiger partial charge in [0.15, 0.2) is 0 Å². The number of carbonyl (C=O) groups excluding carboxylic acids is 3. The summed E-state index contributed by atoms with van der Waals surface area (Å²) < 4.78 is 0. The van der Waals surface area contributed by atoms with Crippen LogP contribution in [0.15, 0.2) is 30.3 Å². The molecule has 0 aliphatic carbocycles. The van der Waals surface area contributed by atoms with Crippen molar-refractivity contribution >= 4 is 17.7 Å². The molecule has 1 aromatic carbocycles. The third-order valence-corrected chi connectivity index (χ3v) is 6.34. The molecule has 1 unspecified atom stereocenters. The zero-order valence-electron chi connectivity index (χ0n) is 18.1. The summed E-state index contributed by atoms with van der Waals surface area (Å²) >= 11 is 0. The maximum absolute atomic E-state index is 13.0. The number of rotatable bonds is 6. The fraction of sp³-hybridized carbons (Fsp3) is 0.625. The highest BCUT2D eigenvalue weighted by molar-refractivity contribution is 5.85. The Labute approximate surface area is 180 Å². The Morgan fingerprint density at radius 3 is 2.43 bits per heavy atom. The van der Waals surface area contributed by atoms with E-state index in [4.69, 9.17) is 0 Å². The number of carbonyl (C=O) groups is 3. The van der Waals surface area contributed by atoms with Gasteiger partial charge in [0.25, 0.3) is 0 Å². The van der Waals surface area contributed by atoms with Gasteiger partial charge in [0, 0.05) is 32.1 Å². The Hall–Kier alpha value is -2.37. The van der Waals surface area contributed by atoms with E-state index in [0.29, 0.717) is 26.1 Å². The van der Waals surface area contributed by atoms with Crippen molar-refractivity contribution in [3.63, 3.8) is 0 Å². The van der Waals surface area contributed by atoms with Crippen LogP contribution in [0.3, 0.4) is 0 Å². The molecule has 2 heterocycles. The number of nitrogens with zero attached hydrogens (tertiary/aromatic N) is 2. The number of nitrogens with one attached hydrogen (secondary N) is 1. The molecular formula is C24H35N3O3. The molecule has 0 saturated carbocycles. The van der Waals surface area contributed by atoms with Crippen molar-refractivity contribution in [2.45, 2.75) is 70.3 Å². The lowest BCUT2D eigenvalue weighted by molar-refractivity contribution is -0.137. The standard InChI is InChI=1S/C24H35N3O3/c1-2-21(19-10-6-5-7-11-19)24(30)26-16-13-20(14-17-26)25-22(28)18-27-15-9-4-3-8-12-23(27)29/h5-7,10-11,20-21H,2-4,8-9,12-18H2,1H3,(H,25,28). The molecule has 164 valence electrons. The van der Waals surface area contributed by atoms with E-state index in [0.717, 1.165) is 50.5 Å². The summed E-state index contributed by atoms with van der Waals surface area (Å²) in [7, 11) is 0. The van der Waals surface area contributed by atoms with Crippen LogP contribution in [0.5, 0.6) is 0 Å². The average Bonchev–Trinajstić information content (AvgIpc) is 2.75. The number of piperidine rings is 1. The maximum atomic E-state index is 13.0. The van der Waals surface area contributed by atoms with E-state index in [2.05, 4.69) is 12.2 Å². The minimum absolute atomic E-state index is 0.0724. The monoisotopic (exact) mass is 413 g/mol. The van der Waals surface area contributed by atoms with E-state index in [1.807, 2.05) is 35.2 Å². The minimum Gasteiger partial charge on any atom is -0.352 e. The Balaban J connectivity index is 1.46. The highest BCUT2D eigenvalue weighted by atomic mass is 16.2. The van der Waals surface area contributed by atoms with Gasteiger partial charge < -0.3 is 15.1 Å². The van der Waals surface area contributed by atoms with Crippen LogP contribution in [0.4, 0.5) is 0 Å². The van der Waals surface area contributed by atoms with Gasteiger partial charge in [-0.2, -0.15) is 0 Å². The molecule has 6 nitrogen and oxygen atoms in total. The molecule has 6 heteroatoms. The van der Waals surface area contributed by atoms with E-state index in [1.165, 1.54) is 0 Å². The molecule has 2 aliphatic heterocycles. The fourth-order valence-corrected chi connectivity index (χ4v) is 4.53. The van der Waals surface area contributed by atoms with E-state index >= 15 is 0 Å². The van der Waals surface area contributed by atoms with Gasteiger partial charge in [-0.15, -0.1) is 0 Å². The zero-order valence-corrected chi connectivity index (χ0v) is 18.1. The van der Waals surface area contributed by atoms with Gasteiger partial charge in [-0.3, -0.25) is 14.4 Å². The molecule has 0 aromatic heterocycles. The maximum Gasteiger partial charge on any atom is 0.239 e. The Morgan fingerprint density at radius 2 is 1.73 bits per heavy atom. The first-order chi connectivity index (χ1) is 14.6. The van der Waals surface area contributed by atoms with Gasteiger partial charge in [-0.05, 0) is 37.7 Å². The van der Waals surface area contributed by atoms with Crippen LogP contribution in [-0.4, -0.2) is 59.7 Å². The van der Waals surface area contributed by atoms with Crippen LogP contribution in [0.2, 0.25) is 0 Å². The van der Waals surface area contributed by atoms with Crippen LogP contribution in [0.25, 0.3) is 0 Å². The van der Waals surface area contributed by atoms with E-state index in [1.54, 1.807) is 4.90 Å². The Bertz CT molecular complexity index is 714. The summed E-state index contributed by atoms with van der Waals surface area (Å²) in [6.45, 7) is 4.21. The molecule has 1 N–H and O–H groups in total. The molecule has 3 amide bonds. The first-order valence-corrected chi connectivity index (χ1v) is 11.5. The second-order valence-corrected chi connectivity index (χ2v) is 8.52. The third kappa shape index (κ3) is 6.07. The first kappa shape index (κ1) is 22.3. The SMILES string of the molecule is CCC(C(=O)N1CCC(NC(=O)CN2CCCCCCC2=O)CC1)c1ccccc1. The van der Waals surface area contributed by atoms with Crippen LogP contribution in [0, 0.1) is 0 Å². The summed E-state index contributed by atoms with van der Waals surface area (Å²) in [6, 6.07) is 10.0. The smallest absolute Gasteiger partial charge is 0.239 e. The Morgan fingerprint density at radius 1 is 1.03 bits per heavy atom. The van der Waals surface area contributed by atoms with Gasteiger partial charge >= 0.3 is 0 Å². The predicted octanol–water partition coefficient (Wildman–Crippen LogP) is 3.08. The van der Waals surface area contributed by atoms with Crippen LogP contribution in [0.1, 0.15) is 69.8 Å². The number of likely N-dealkylation sites (tertiary alicyclic amines) is 2. The van der Waals surface area contributed by atoms with Crippen LogP contribution < -0.4 is 5.32 Å². The molecule has 2 fully saturated rings. The lowest BCUT2D eigenvalue weighted by atomic mass is 9.93. The second kappa shape index (κ2) is 11.1. The molecule has 0 spiro atoms. The molecule has 30 heavy (non-hydrogen) atoms. The van der Waals surface area contributed by atoms with Gasteiger partial charge in [-0.1, -0.05) is 50.1 Å². The van der Waals surface area contributed by atoms with E-state index in [-0.39, 0.29) is 36.2 Å². The predicted molar refractivity (Wildman–Crippen MR) is 117 cm³/mol. The number of benzene rings is 1. The lowest BCUT2D eigenvalue weighted by Crippen LogP contribution is -2.50. The molecule has 1 aromatic rings. The van der Waals surface area contributed by atoms with Crippen molar-refractivity contribution in [1.82, 2.24) is 15.1 Å². The van der Waals surface area contributed by atoms with Crippen molar-refractivity contribution in [3.8, 4) is 0 Å². The number of hydrogen-bond acceptors (Lipinski definition) is 3. The first-order valence-electron chi connectivity index (χ1n) is 11.5. The fourth-order valence-electron chi connectivity index (χ4n) is 4.53. The van der Waals surface area contributed by atoms with E-state index < -0.39 is 0 Å². The van der Waals surface area contributed by atoms with Gasteiger partial charge in [0.05, 0.1) is 12.5 Å². The molecule has 1 atom stereocenters. The Kier molecular flexibility index (Phi) is 8.29. The van der Waals surface area contributed by atoms with Gasteiger partial charge in [0.1, 0.15) is 0 Å². The summed E-state index contributed by atoms with van der Waals surface area (Å²) in [4.78, 5) is 41.4. The largest absolute Gasteiger partial charge is 0.352 e. The van der Waals surface area contributed by atoms with Crippen LogP contribution in [-0.2, 0) is 14.4 Å². The van der Waals surface area contributed by atoms with Crippen molar-refractivity contribution in [2.75, 3.05) is 26.2 Å². The zero-order chi connectivity index (χ0) is 21.3. The normalized spacial score (nSPS) is 19.7. The number of amides is 3.